The molecule has 1 aliphatic heterocycles. The molecule has 1 saturated heterocycles. The average Bonchev–Trinajstić information content (AvgIpc) is 3.17. The lowest BCUT2D eigenvalue weighted by Crippen LogP contribution is -2.55. The Bertz CT molecular complexity index is 975. The van der Waals surface area contributed by atoms with Crippen LogP contribution >= 0.6 is 11.3 Å². The van der Waals surface area contributed by atoms with Gasteiger partial charge in [-0.3, -0.25) is 0 Å². The number of halogens is 2. The number of rotatable bonds is 4. The normalized spacial score (nSPS) is 28.6. The van der Waals surface area contributed by atoms with Crippen LogP contribution in [0.5, 0.6) is 0 Å². The fourth-order valence-electron chi connectivity index (χ4n) is 3.59. The Morgan fingerprint density at radius 3 is 2.48 bits per heavy atom. The summed E-state index contributed by atoms with van der Waals surface area (Å²) in [6.07, 6.45) is -8.57. The van der Waals surface area contributed by atoms with E-state index in [-0.39, 0.29) is 11.1 Å². The van der Waals surface area contributed by atoms with E-state index in [1.54, 1.807) is 6.07 Å². The van der Waals surface area contributed by atoms with E-state index in [1.165, 1.54) is 23.5 Å². The summed E-state index contributed by atoms with van der Waals surface area (Å²) < 4.78 is 36.0. The number of hydrogen-bond donors (Lipinski definition) is 4. The quantitative estimate of drug-likeness (QED) is 0.519. The van der Waals surface area contributed by atoms with Gasteiger partial charge in [-0.1, -0.05) is 24.3 Å². The summed E-state index contributed by atoms with van der Waals surface area (Å²) in [5, 5.41) is 40.4. The fraction of sp³-hybridized carbons (Fsp3) is 0.333. The summed E-state index contributed by atoms with van der Waals surface area (Å²) in [6, 6.07) is 12.7. The molecular weight excluding hydrogens is 402 g/mol. The van der Waals surface area contributed by atoms with Crippen molar-refractivity contribution in [2.24, 2.45) is 0 Å². The smallest absolute Gasteiger partial charge is 0.162 e. The highest BCUT2D eigenvalue weighted by Gasteiger charge is 2.44. The molecule has 1 aliphatic rings. The van der Waals surface area contributed by atoms with Crippen molar-refractivity contribution in [3.05, 3.63) is 70.4 Å². The predicted octanol–water partition coefficient (Wildman–Crippen LogP) is 2.61. The van der Waals surface area contributed by atoms with Crippen LogP contribution in [-0.2, 0) is 4.74 Å². The fourth-order valence-corrected chi connectivity index (χ4v) is 4.65. The van der Waals surface area contributed by atoms with E-state index in [4.69, 9.17) is 4.74 Å². The summed E-state index contributed by atoms with van der Waals surface area (Å²) in [5.41, 5.74) is 0.0214. The summed E-state index contributed by atoms with van der Waals surface area (Å²) in [6.45, 7) is -0.580. The summed E-state index contributed by atoms with van der Waals surface area (Å²) in [7, 11) is 0. The Balaban J connectivity index is 1.68. The Morgan fingerprint density at radius 1 is 1.00 bits per heavy atom. The van der Waals surface area contributed by atoms with E-state index in [9.17, 15) is 24.8 Å². The number of alkyl halides is 1. The van der Waals surface area contributed by atoms with Crippen LogP contribution in [-0.4, -0.2) is 51.4 Å². The topological polar surface area (TPSA) is 90.2 Å². The van der Waals surface area contributed by atoms with Crippen molar-refractivity contribution in [2.75, 3.05) is 6.61 Å². The first kappa shape index (κ1) is 20.3. The van der Waals surface area contributed by atoms with Gasteiger partial charge in [-0.15, -0.1) is 11.3 Å². The van der Waals surface area contributed by atoms with Gasteiger partial charge in [-0.05, 0) is 35.2 Å². The molecule has 2 heterocycles. The van der Waals surface area contributed by atoms with Crippen molar-refractivity contribution in [3.63, 3.8) is 0 Å². The molecule has 0 radical (unpaired) electrons. The van der Waals surface area contributed by atoms with Gasteiger partial charge in [0.25, 0.3) is 0 Å². The van der Waals surface area contributed by atoms with Crippen LogP contribution < -0.4 is 0 Å². The van der Waals surface area contributed by atoms with Crippen molar-refractivity contribution < 1.29 is 33.9 Å². The second-order valence-electron chi connectivity index (χ2n) is 7.08. The van der Waals surface area contributed by atoms with E-state index in [0.717, 1.165) is 16.2 Å². The number of benzene rings is 2. The molecule has 4 N–H and O–H groups in total. The van der Waals surface area contributed by atoms with Crippen LogP contribution in [0.2, 0.25) is 0 Å². The third-order valence-corrected chi connectivity index (χ3v) is 6.36. The van der Waals surface area contributed by atoms with E-state index >= 15 is 4.39 Å². The molecule has 1 fully saturated rings. The molecule has 8 heteroatoms. The zero-order chi connectivity index (χ0) is 20.7. The minimum atomic E-state index is -1.72. The van der Waals surface area contributed by atoms with Crippen molar-refractivity contribution >= 4 is 21.4 Å². The first-order valence-corrected chi connectivity index (χ1v) is 9.94. The average molecular weight is 422 g/mol. The number of fused-ring (bicyclic) bond motifs is 1. The molecule has 0 bridgehead atoms. The first-order valence-electron chi connectivity index (χ1n) is 9.13. The highest BCUT2D eigenvalue weighted by atomic mass is 32.1. The lowest BCUT2D eigenvalue weighted by Gasteiger charge is -2.40. The van der Waals surface area contributed by atoms with Crippen molar-refractivity contribution in [1.29, 1.82) is 0 Å². The molecule has 0 aliphatic carbocycles. The lowest BCUT2D eigenvalue weighted by molar-refractivity contribution is -0.231. The number of aliphatic hydroxyl groups is 4. The molecular formula is C21H20F2O5S. The van der Waals surface area contributed by atoms with Gasteiger partial charge < -0.3 is 25.2 Å². The Kier molecular flexibility index (Phi) is 5.65. The molecule has 6 atom stereocenters. The molecule has 5 nitrogen and oxygen atoms in total. The second kappa shape index (κ2) is 8.06. The van der Waals surface area contributed by atoms with E-state index in [1.807, 2.05) is 24.3 Å². The van der Waals surface area contributed by atoms with Gasteiger partial charge >= 0.3 is 0 Å². The number of aliphatic hydroxyl groups excluding tert-OH is 4. The van der Waals surface area contributed by atoms with E-state index in [2.05, 4.69) is 0 Å². The third kappa shape index (κ3) is 3.68. The molecule has 0 saturated carbocycles. The summed E-state index contributed by atoms with van der Waals surface area (Å²) in [5.74, 6) is -0.747. The number of hydrogen-bond acceptors (Lipinski definition) is 6. The Hall–Kier alpha value is -1.94. The Labute approximate surface area is 169 Å². The van der Waals surface area contributed by atoms with Crippen LogP contribution in [0.15, 0.2) is 48.5 Å². The monoisotopic (exact) mass is 422 g/mol. The van der Waals surface area contributed by atoms with E-state index in [0.29, 0.717) is 4.88 Å². The van der Waals surface area contributed by atoms with Crippen LogP contribution in [0, 0.1) is 5.82 Å². The van der Waals surface area contributed by atoms with Crippen LogP contribution in [0.3, 0.4) is 0 Å². The molecule has 4 rings (SSSR count). The molecule has 0 spiro atoms. The molecule has 154 valence electrons. The Morgan fingerprint density at radius 2 is 1.76 bits per heavy atom. The van der Waals surface area contributed by atoms with Crippen LogP contribution in [0.4, 0.5) is 8.78 Å². The van der Waals surface area contributed by atoms with E-state index < -0.39 is 49.1 Å². The van der Waals surface area contributed by atoms with Gasteiger partial charge in [-0.25, -0.2) is 8.78 Å². The number of thiophene rings is 1. The maximum absolute atomic E-state index is 15.2. The van der Waals surface area contributed by atoms with Gasteiger partial charge in [0, 0.05) is 15.1 Å². The minimum absolute atomic E-state index is 0.217. The third-order valence-electron chi connectivity index (χ3n) is 5.21. The van der Waals surface area contributed by atoms with Crippen molar-refractivity contribution in [2.45, 2.75) is 36.7 Å². The molecule has 1 aromatic heterocycles. The summed E-state index contributed by atoms with van der Waals surface area (Å²) in [4.78, 5) is 0.344. The standard InChI is InChI=1S/C21H20F2O5S/c22-13-6-5-11(21-20(27)19(26)18(25)14(9-24)28-21)7-12(13)17(23)16-8-10-3-1-2-4-15(10)29-16/h1-8,14,17-21,24-27H,9H2. The highest BCUT2D eigenvalue weighted by Crippen LogP contribution is 2.39. The summed E-state index contributed by atoms with van der Waals surface area (Å²) >= 11 is 1.23. The van der Waals surface area contributed by atoms with Gasteiger partial charge in [0.2, 0.25) is 0 Å². The number of ether oxygens (including phenoxy) is 1. The zero-order valence-electron chi connectivity index (χ0n) is 15.2. The molecule has 29 heavy (non-hydrogen) atoms. The first-order chi connectivity index (χ1) is 13.9. The van der Waals surface area contributed by atoms with Gasteiger partial charge in [0.15, 0.2) is 6.17 Å². The van der Waals surface area contributed by atoms with Crippen molar-refractivity contribution in [1.82, 2.24) is 0 Å². The molecule has 0 amide bonds. The maximum Gasteiger partial charge on any atom is 0.162 e. The highest BCUT2D eigenvalue weighted by molar-refractivity contribution is 7.19. The molecule has 3 aromatic rings. The zero-order valence-corrected chi connectivity index (χ0v) is 16.0. The lowest BCUT2D eigenvalue weighted by atomic mass is 9.90. The predicted molar refractivity (Wildman–Crippen MR) is 104 cm³/mol. The molecule has 2 aromatic carbocycles. The van der Waals surface area contributed by atoms with Gasteiger partial charge in [-0.2, -0.15) is 0 Å². The molecule has 6 unspecified atom stereocenters. The van der Waals surface area contributed by atoms with Crippen LogP contribution in [0.1, 0.15) is 28.3 Å². The largest absolute Gasteiger partial charge is 0.394 e. The van der Waals surface area contributed by atoms with Crippen molar-refractivity contribution in [3.8, 4) is 0 Å². The van der Waals surface area contributed by atoms with Gasteiger partial charge in [0.05, 0.1) is 6.61 Å². The minimum Gasteiger partial charge on any atom is -0.394 e. The SMILES string of the molecule is OCC1OC(c2ccc(F)c(C(F)c3cc4ccccc4s3)c2)C(O)C(O)C1O. The second-order valence-corrected chi connectivity index (χ2v) is 8.19. The maximum atomic E-state index is 15.2. The van der Waals surface area contributed by atoms with Crippen LogP contribution in [0.25, 0.3) is 10.1 Å². The van der Waals surface area contributed by atoms with Gasteiger partial charge in [0.1, 0.15) is 36.3 Å².